The number of thioether (sulfide) groups is 1. The molecule has 1 aliphatic carbocycles. The molecule has 0 saturated heterocycles. The molecule has 2 N–H and O–H groups in total. The lowest BCUT2D eigenvalue weighted by atomic mass is 9.97. The molecule has 0 bridgehead atoms. The Balaban J connectivity index is 1.33. The molecule has 0 atom stereocenters. The van der Waals surface area contributed by atoms with Crippen LogP contribution in [0.3, 0.4) is 0 Å². The number of aromatic amines is 1. The summed E-state index contributed by atoms with van der Waals surface area (Å²) >= 11 is 3.11. The molecule has 0 unspecified atom stereocenters. The van der Waals surface area contributed by atoms with Gasteiger partial charge in [0, 0.05) is 17.1 Å². The number of thiophene rings is 1. The summed E-state index contributed by atoms with van der Waals surface area (Å²) in [6.07, 6.45) is 4.36. The zero-order valence-electron chi connectivity index (χ0n) is 18.7. The predicted octanol–water partition coefficient (Wildman–Crippen LogP) is 4.58. The number of benzene rings is 1. The van der Waals surface area contributed by atoms with Crippen molar-refractivity contribution in [3.63, 3.8) is 0 Å². The van der Waals surface area contributed by atoms with Gasteiger partial charge in [0.05, 0.1) is 16.9 Å². The molecule has 1 aromatic carbocycles. The summed E-state index contributed by atoms with van der Waals surface area (Å²) in [7, 11) is 0. The summed E-state index contributed by atoms with van der Waals surface area (Å²) in [5.41, 5.74) is 3.16. The minimum absolute atomic E-state index is 0.0422. The molecule has 32 heavy (non-hydrogen) atoms. The minimum atomic E-state index is -0.0509. The van der Waals surface area contributed by atoms with Crippen LogP contribution in [0.1, 0.15) is 48.5 Å². The second-order valence-corrected chi connectivity index (χ2v) is 10.2. The number of nitrogens with one attached hydrogen (secondary N) is 2. The molecule has 6 nitrogen and oxygen atoms in total. The third-order valence-corrected chi connectivity index (χ3v) is 7.99. The zero-order chi connectivity index (χ0) is 22.5. The number of anilines is 1. The molecule has 0 spiro atoms. The molecule has 0 fully saturated rings. The Labute approximate surface area is 196 Å². The third kappa shape index (κ3) is 5.42. The lowest BCUT2D eigenvalue weighted by Crippen LogP contribution is -2.22. The quantitative estimate of drug-likeness (QED) is 0.479. The van der Waals surface area contributed by atoms with Gasteiger partial charge < -0.3 is 10.3 Å². The van der Waals surface area contributed by atoms with E-state index in [1.807, 2.05) is 18.2 Å². The normalized spacial score (nSPS) is 13.5. The first-order valence-corrected chi connectivity index (χ1v) is 13.3. The van der Waals surface area contributed by atoms with Gasteiger partial charge in [0.15, 0.2) is 0 Å². The van der Waals surface area contributed by atoms with Gasteiger partial charge in [-0.2, -0.15) is 0 Å². The fourth-order valence-electron chi connectivity index (χ4n) is 4.17. The van der Waals surface area contributed by atoms with Crippen LogP contribution in [0.25, 0.3) is 10.2 Å². The first kappa shape index (κ1) is 23.0. The lowest BCUT2D eigenvalue weighted by molar-refractivity contribution is -0.113. The van der Waals surface area contributed by atoms with E-state index < -0.39 is 0 Å². The van der Waals surface area contributed by atoms with Crippen LogP contribution in [0.5, 0.6) is 0 Å². The van der Waals surface area contributed by atoms with Crippen LogP contribution in [0, 0.1) is 0 Å². The number of aromatic nitrogens is 2. The highest BCUT2D eigenvalue weighted by molar-refractivity contribution is 7.99. The van der Waals surface area contributed by atoms with Crippen molar-refractivity contribution in [1.29, 1.82) is 0 Å². The maximum absolute atomic E-state index is 12.6. The van der Waals surface area contributed by atoms with E-state index in [0.717, 1.165) is 54.8 Å². The zero-order valence-corrected chi connectivity index (χ0v) is 20.3. The van der Waals surface area contributed by atoms with E-state index in [9.17, 15) is 9.59 Å². The molecule has 4 rings (SSSR count). The number of H-pyrrole nitrogens is 1. The van der Waals surface area contributed by atoms with Gasteiger partial charge in [0.25, 0.3) is 5.56 Å². The Morgan fingerprint density at radius 2 is 2.06 bits per heavy atom. The van der Waals surface area contributed by atoms with Crippen LogP contribution >= 0.6 is 23.1 Å². The second kappa shape index (κ2) is 10.6. The van der Waals surface area contributed by atoms with Gasteiger partial charge in [-0.05, 0) is 62.0 Å². The number of hydrogen-bond donors (Lipinski definition) is 2. The van der Waals surface area contributed by atoms with Crippen molar-refractivity contribution in [2.45, 2.75) is 51.8 Å². The lowest BCUT2D eigenvalue weighted by Gasteiger charge is -2.18. The Kier molecular flexibility index (Phi) is 7.65. The molecule has 2 aromatic heterocycles. The molecule has 1 aliphatic rings. The average molecular weight is 471 g/mol. The van der Waals surface area contributed by atoms with Crippen LogP contribution in [0.2, 0.25) is 0 Å². The summed E-state index contributed by atoms with van der Waals surface area (Å²) in [5, 5.41) is 3.76. The van der Waals surface area contributed by atoms with E-state index in [0.29, 0.717) is 17.3 Å². The maximum atomic E-state index is 12.6. The largest absolute Gasteiger partial charge is 0.325 e. The van der Waals surface area contributed by atoms with Crippen molar-refractivity contribution in [3.8, 4) is 0 Å². The number of nitrogens with zero attached hydrogens (tertiary/aromatic N) is 2. The van der Waals surface area contributed by atoms with E-state index >= 15 is 0 Å². The molecule has 3 aromatic rings. The molecule has 8 heteroatoms. The van der Waals surface area contributed by atoms with Crippen LogP contribution in [-0.4, -0.2) is 39.6 Å². The van der Waals surface area contributed by atoms with Crippen LogP contribution in [-0.2, 0) is 29.9 Å². The Morgan fingerprint density at radius 1 is 1.25 bits per heavy atom. The van der Waals surface area contributed by atoms with Crippen LogP contribution in [0.4, 0.5) is 5.69 Å². The second-order valence-electron chi connectivity index (χ2n) is 8.11. The minimum Gasteiger partial charge on any atom is -0.325 e. The fraction of sp³-hybridized carbons (Fsp3) is 0.458. The first-order chi connectivity index (χ1) is 15.6. The smallest absolute Gasteiger partial charge is 0.259 e. The molecule has 170 valence electrons. The molecular formula is C24H30N4O2S2. The summed E-state index contributed by atoms with van der Waals surface area (Å²) < 4.78 is 0. The SMILES string of the molecule is CCN(CC)Cc1cccc(NC(=O)CSCc2nc3sc4c(c3c(=O)[nH]2)CCCC4)c1. The number of fused-ring (bicyclic) bond motifs is 3. The number of aryl methyl sites for hydroxylation is 2. The standard InChI is InChI=1S/C24H30N4O2S2/c1-3-28(4-2)13-16-8-7-9-17(12-16)25-21(29)15-31-14-20-26-23(30)22-18-10-5-6-11-19(18)32-24(22)27-20/h7-9,12H,3-6,10-11,13-15H2,1-2H3,(H,25,29)(H,26,27,30). The summed E-state index contributed by atoms with van der Waals surface area (Å²) in [4.78, 5) is 37.2. The highest BCUT2D eigenvalue weighted by atomic mass is 32.2. The molecule has 0 aliphatic heterocycles. The van der Waals surface area contributed by atoms with E-state index in [2.05, 4.69) is 40.1 Å². The van der Waals surface area contributed by atoms with Crippen molar-refractivity contribution in [3.05, 3.63) is 56.4 Å². The monoisotopic (exact) mass is 470 g/mol. The molecule has 1 amide bonds. The van der Waals surface area contributed by atoms with Crippen molar-refractivity contribution in [1.82, 2.24) is 14.9 Å². The number of carbonyl (C=O) groups is 1. The molecular weight excluding hydrogens is 440 g/mol. The Morgan fingerprint density at radius 3 is 2.88 bits per heavy atom. The Hall–Kier alpha value is -2.16. The van der Waals surface area contributed by atoms with Crippen LogP contribution in [0.15, 0.2) is 29.1 Å². The van der Waals surface area contributed by atoms with Gasteiger partial charge in [-0.15, -0.1) is 23.1 Å². The van der Waals surface area contributed by atoms with Crippen molar-refractivity contribution >= 4 is 44.9 Å². The number of carbonyl (C=O) groups excluding carboxylic acids is 1. The highest BCUT2D eigenvalue weighted by Gasteiger charge is 2.19. The van der Waals surface area contributed by atoms with Gasteiger partial charge in [-0.1, -0.05) is 26.0 Å². The number of hydrogen-bond acceptors (Lipinski definition) is 6. The van der Waals surface area contributed by atoms with E-state index in [4.69, 9.17) is 0 Å². The number of amides is 1. The van der Waals surface area contributed by atoms with E-state index in [1.165, 1.54) is 34.2 Å². The van der Waals surface area contributed by atoms with Crippen molar-refractivity contribution < 1.29 is 4.79 Å². The first-order valence-electron chi connectivity index (χ1n) is 11.3. The summed E-state index contributed by atoms with van der Waals surface area (Å²) in [6, 6.07) is 8.02. The van der Waals surface area contributed by atoms with Crippen molar-refractivity contribution in [2.24, 2.45) is 0 Å². The average Bonchev–Trinajstić information content (AvgIpc) is 3.16. The Bertz CT molecular complexity index is 1150. The molecule has 0 radical (unpaired) electrons. The molecule has 2 heterocycles. The van der Waals surface area contributed by atoms with Gasteiger partial charge in [0.1, 0.15) is 10.7 Å². The predicted molar refractivity (Wildman–Crippen MR) is 135 cm³/mol. The van der Waals surface area contributed by atoms with Gasteiger partial charge in [-0.3, -0.25) is 14.5 Å². The summed E-state index contributed by atoms with van der Waals surface area (Å²) in [6.45, 7) is 7.18. The molecule has 0 saturated carbocycles. The number of rotatable bonds is 9. The van der Waals surface area contributed by atoms with Crippen LogP contribution < -0.4 is 10.9 Å². The van der Waals surface area contributed by atoms with Gasteiger partial charge in [0.2, 0.25) is 5.91 Å². The topological polar surface area (TPSA) is 78.1 Å². The van der Waals surface area contributed by atoms with Gasteiger partial charge >= 0.3 is 0 Å². The highest BCUT2D eigenvalue weighted by Crippen LogP contribution is 2.33. The van der Waals surface area contributed by atoms with Crippen molar-refractivity contribution in [2.75, 3.05) is 24.2 Å². The summed E-state index contributed by atoms with van der Waals surface area (Å²) in [5.74, 6) is 1.40. The van der Waals surface area contributed by atoms with E-state index in [1.54, 1.807) is 11.3 Å². The van der Waals surface area contributed by atoms with E-state index in [-0.39, 0.29) is 11.5 Å². The third-order valence-electron chi connectivity index (χ3n) is 5.86. The fourth-order valence-corrected chi connectivity index (χ4v) is 6.14. The van der Waals surface area contributed by atoms with Gasteiger partial charge in [-0.25, -0.2) is 4.98 Å². The maximum Gasteiger partial charge on any atom is 0.259 e.